The average molecular weight is 184 g/mol. The van der Waals surface area contributed by atoms with Crippen LogP contribution in [-0.4, -0.2) is 4.98 Å². The lowest BCUT2D eigenvalue weighted by atomic mass is 10.1. The number of rotatable bonds is 1. The normalized spacial score (nSPS) is 10.4. The van der Waals surface area contributed by atoms with Crippen molar-refractivity contribution < 1.29 is 0 Å². The first-order valence-corrected chi connectivity index (χ1v) is 4.77. The third-order valence-electron chi connectivity index (χ3n) is 2.57. The fourth-order valence-corrected chi connectivity index (χ4v) is 1.74. The number of benzene rings is 1. The summed E-state index contributed by atoms with van der Waals surface area (Å²) in [7, 11) is 0. The van der Waals surface area contributed by atoms with Crippen LogP contribution in [0.4, 0.5) is 0 Å². The van der Waals surface area contributed by atoms with Gasteiger partial charge in [-0.25, -0.2) is 0 Å². The van der Waals surface area contributed by atoms with Crippen LogP contribution in [0.2, 0.25) is 0 Å². The summed E-state index contributed by atoms with van der Waals surface area (Å²) in [5, 5.41) is 10.0. The maximum Gasteiger partial charge on any atom is 0.102 e. The molecule has 2 nitrogen and oxygen atoms in total. The topological polar surface area (TPSA) is 39.6 Å². The second kappa shape index (κ2) is 3.19. The van der Waals surface area contributed by atoms with Crippen molar-refractivity contribution in [1.82, 2.24) is 4.98 Å². The third-order valence-corrected chi connectivity index (χ3v) is 2.57. The molecule has 0 saturated carbocycles. The maximum absolute atomic E-state index is 9.00. The summed E-state index contributed by atoms with van der Waals surface area (Å²) in [5.74, 6) is 0. The van der Waals surface area contributed by atoms with E-state index in [0.717, 1.165) is 28.6 Å². The summed E-state index contributed by atoms with van der Waals surface area (Å²) >= 11 is 0. The lowest BCUT2D eigenvalue weighted by Gasteiger charge is -1.95. The van der Waals surface area contributed by atoms with Crippen LogP contribution in [0.1, 0.15) is 23.7 Å². The highest BCUT2D eigenvalue weighted by molar-refractivity contribution is 5.87. The van der Waals surface area contributed by atoms with Crippen molar-refractivity contribution in [3.63, 3.8) is 0 Å². The quantitative estimate of drug-likeness (QED) is 0.727. The number of aromatic amines is 1. The highest BCUT2D eigenvalue weighted by atomic mass is 14.7. The zero-order valence-corrected chi connectivity index (χ0v) is 8.39. The molecule has 70 valence electrons. The average Bonchev–Trinajstić information content (AvgIpc) is 2.52. The van der Waals surface area contributed by atoms with E-state index < -0.39 is 0 Å². The molecule has 0 atom stereocenters. The zero-order chi connectivity index (χ0) is 10.1. The molecule has 14 heavy (non-hydrogen) atoms. The molecule has 0 aliphatic rings. The van der Waals surface area contributed by atoms with Crippen LogP contribution in [0.15, 0.2) is 18.2 Å². The number of nitrogens with zero attached hydrogens (tertiary/aromatic N) is 1. The predicted octanol–water partition coefficient (Wildman–Crippen LogP) is 2.91. The largest absolute Gasteiger partial charge is 0.358 e. The molecule has 0 spiro atoms. The van der Waals surface area contributed by atoms with Gasteiger partial charge in [-0.15, -0.1) is 0 Å². The first-order chi connectivity index (χ1) is 6.76. The Morgan fingerprint density at radius 2 is 2.21 bits per heavy atom. The second-order valence-corrected chi connectivity index (χ2v) is 3.47. The first-order valence-electron chi connectivity index (χ1n) is 4.77. The van der Waals surface area contributed by atoms with Gasteiger partial charge in [-0.1, -0.05) is 13.0 Å². The van der Waals surface area contributed by atoms with E-state index in [-0.39, 0.29) is 0 Å². The van der Waals surface area contributed by atoms with Gasteiger partial charge in [0.2, 0.25) is 0 Å². The molecule has 0 radical (unpaired) electrons. The van der Waals surface area contributed by atoms with Crippen LogP contribution in [-0.2, 0) is 6.42 Å². The fraction of sp³-hybridized carbons (Fsp3) is 0.250. The molecule has 0 fully saturated rings. The summed E-state index contributed by atoms with van der Waals surface area (Å²) in [4.78, 5) is 3.21. The Hall–Kier alpha value is -1.75. The van der Waals surface area contributed by atoms with E-state index in [0.29, 0.717) is 0 Å². The summed E-state index contributed by atoms with van der Waals surface area (Å²) in [5.41, 5.74) is 4.05. The molecule has 1 aromatic heterocycles. The van der Waals surface area contributed by atoms with E-state index in [1.54, 1.807) is 0 Å². The van der Waals surface area contributed by atoms with Crippen LogP contribution < -0.4 is 0 Å². The Morgan fingerprint density at radius 3 is 2.86 bits per heavy atom. The Balaban J connectivity index is 2.79. The van der Waals surface area contributed by atoms with Crippen LogP contribution in [0.3, 0.4) is 0 Å². The number of H-pyrrole nitrogens is 1. The van der Waals surface area contributed by atoms with Crippen molar-refractivity contribution in [2.75, 3.05) is 0 Å². The molecule has 0 saturated heterocycles. The first kappa shape index (κ1) is 8.83. The lowest BCUT2D eigenvalue weighted by molar-refractivity contribution is 1.15. The van der Waals surface area contributed by atoms with E-state index in [4.69, 9.17) is 5.26 Å². The minimum absolute atomic E-state index is 0.773. The minimum Gasteiger partial charge on any atom is -0.358 e. The van der Waals surface area contributed by atoms with Gasteiger partial charge in [-0.3, -0.25) is 0 Å². The Bertz CT molecular complexity index is 515. The Kier molecular flexibility index (Phi) is 2.01. The SMILES string of the molecule is CCc1ccc2[nH]c(C)c(C#N)c2c1. The molecule has 2 aromatic rings. The van der Waals surface area contributed by atoms with Crippen LogP contribution in [0.5, 0.6) is 0 Å². The second-order valence-electron chi connectivity index (χ2n) is 3.47. The summed E-state index contributed by atoms with van der Waals surface area (Å²) < 4.78 is 0. The predicted molar refractivity (Wildman–Crippen MR) is 57.1 cm³/mol. The number of nitriles is 1. The van der Waals surface area contributed by atoms with Gasteiger partial charge < -0.3 is 4.98 Å². The van der Waals surface area contributed by atoms with Crippen molar-refractivity contribution >= 4 is 10.9 Å². The smallest absolute Gasteiger partial charge is 0.102 e. The van der Waals surface area contributed by atoms with Gasteiger partial charge >= 0.3 is 0 Å². The summed E-state index contributed by atoms with van der Waals surface area (Å²) in [6.07, 6.45) is 1.00. The van der Waals surface area contributed by atoms with Crippen LogP contribution in [0.25, 0.3) is 10.9 Å². The highest BCUT2D eigenvalue weighted by Crippen LogP contribution is 2.22. The summed E-state index contributed by atoms with van der Waals surface area (Å²) in [6, 6.07) is 8.47. The Labute approximate surface area is 83.2 Å². The van der Waals surface area contributed by atoms with Gasteiger partial charge in [0, 0.05) is 16.6 Å². The highest BCUT2D eigenvalue weighted by Gasteiger charge is 2.07. The standard InChI is InChI=1S/C12H12N2/c1-3-9-4-5-12-10(6-9)11(7-13)8(2)14-12/h4-6,14H,3H2,1-2H3. The van der Waals surface area contributed by atoms with Crippen molar-refractivity contribution in [2.45, 2.75) is 20.3 Å². The molecule has 0 unspecified atom stereocenters. The molecule has 2 rings (SSSR count). The van der Waals surface area contributed by atoms with Crippen molar-refractivity contribution in [2.24, 2.45) is 0 Å². The number of nitrogens with one attached hydrogen (secondary N) is 1. The molecule has 1 aromatic carbocycles. The number of hydrogen-bond donors (Lipinski definition) is 1. The van der Waals surface area contributed by atoms with Crippen LogP contribution >= 0.6 is 0 Å². The molecule has 0 bridgehead atoms. The molecule has 0 amide bonds. The molecule has 1 heterocycles. The van der Waals surface area contributed by atoms with Gasteiger partial charge in [-0.05, 0) is 31.0 Å². The van der Waals surface area contributed by atoms with Crippen molar-refractivity contribution in [1.29, 1.82) is 5.26 Å². The third kappa shape index (κ3) is 1.18. The van der Waals surface area contributed by atoms with Gasteiger partial charge in [0.15, 0.2) is 0 Å². The Morgan fingerprint density at radius 1 is 1.43 bits per heavy atom. The van der Waals surface area contributed by atoms with E-state index in [1.165, 1.54) is 5.56 Å². The van der Waals surface area contributed by atoms with E-state index in [1.807, 2.05) is 13.0 Å². The zero-order valence-electron chi connectivity index (χ0n) is 8.39. The molecule has 0 aliphatic carbocycles. The van der Waals surface area contributed by atoms with Crippen molar-refractivity contribution in [3.05, 3.63) is 35.0 Å². The van der Waals surface area contributed by atoms with E-state index in [9.17, 15) is 0 Å². The molecular formula is C12H12N2. The molecular weight excluding hydrogens is 172 g/mol. The number of aryl methyl sites for hydroxylation is 2. The molecule has 2 heteroatoms. The van der Waals surface area contributed by atoms with Gasteiger partial charge in [0.05, 0.1) is 5.56 Å². The minimum atomic E-state index is 0.773. The van der Waals surface area contributed by atoms with Gasteiger partial charge in [0.1, 0.15) is 6.07 Å². The number of hydrogen-bond acceptors (Lipinski definition) is 1. The lowest BCUT2D eigenvalue weighted by Crippen LogP contribution is -1.79. The van der Waals surface area contributed by atoms with Crippen LogP contribution in [0, 0.1) is 18.3 Å². The van der Waals surface area contributed by atoms with E-state index >= 15 is 0 Å². The van der Waals surface area contributed by atoms with E-state index in [2.05, 4.69) is 30.1 Å². The fourth-order valence-electron chi connectivity index (χ4n) is 1.74. The van der Waals surface area contributed by atoms with Gasteiger partial charge in [0.25, 0.3) is 0 Å². The molecule has 1 N–H and O–H groups in total. The monoisotopic (exact) mass is 184 g/mol. The molecule has 0 aliphatic heterocycles. The number of aromatic nitrogens is 1. The summed E-state index contributed by atoms with van der Waals surface area (Å²) in [6.45, 7) is 4.05. The number of fused-ring (bicyclic) bond motifs is 1. The maximum atomic E-state index is 9.00. The van der Waals surface area contributed by atoms with Gasteiger partial charge in [-0.2, -0.15) is 5.26 Å². The van der Waals surface area contributed by atoms with Crippen molar-refractivity contribution in [3.8, 4) is 6.07 Å².